The van der Waals surface area contributed by atoms with Crippen LogP contribution < -0.4 is 5.32 Å². The molecule has 0 spiro atoms. The minimum Gasteiger partial charge on any atom is -0.372 e. The number of piperidine rings is 1. The van der Waals surface area contributed by atoms with Crippen molar-refractivity contribution in [2.24, 2.45) is 0 Å². The largest absolute Gasteiger partial charge is 0.372 e. The maximum atomic E-state index is 12.9. The van der Waals surface area contributed by atoms with Gasteiger partial charge in [0.2, 0.25) is 5.91 Å². The highest BCUT2D eigenvalue weighted by molar-refractivity contribution is 7.92. The predicted octanol–water partition coefficient (Wildman–Crippen LogP) is -0.211. The Labute approximate surface area is 120 Å². The van der Waals surface area contributed by atoms with Crippen molar-refractivity contribution in [3.8, 4) is 0 Å². The minimum absolute atomic E-state index is 0.0546. The van der Waals surface area contributed by atoms with Crippen LogP contribution in [0.5, 0.6) is 0 Å². The van der Waals surface area contributed by atoms with Crippen LogP contribution in [-0.2, 0) is 19.4 Å². The van der Waals surface area contributed by atoms with Crippen LogP contribution in [-0.4, -0.2) is 68.6 Å². The van der Waals surface area contributed by atoms with Gasteiger partial charge in [-0.25, -0.2) is 8.42 Å². The smallest absolute Gasteiger partial charge is 0.244 e. The fourth-order valence-corrected chi connectivity index (χ4v) is 4.60. The van der Waals surface area contributed by atoms with Gasteiger partial charge in [-0.3, -0.25) is 4.79 Å². The first-order valence-electron chi connectivity index (χ1n) is 7.11. The molecule has 2 aliphatic rings. The third-order valence-electron chi connectivity index (χ3n) is 4.22. The van der Waals surface area contributed by atoms with Crippen molar-refractivity contribution in [2.75, 3.05) is 32.4 Å². The second kappa shape index (κ2) is 5.61. The molecule has 2 atom stereocenters. The average molecular weight is 304 g/mol. The lowest BCUT2D eigenvalue weighted by Crippen LogP contribution is -2.61. The second-order valence-electron chi connectivity index (χ2n) is 5.98. The van der Waals surface area contributed by atoms with Crippen LogP contribution in [0.3, 0.4) is 0 Å². The second-order valence-corrected chi connectivity index (χ2v) is 8.31. The molecule has 1 amide bonds. The first-order valence-corrected chi connectivity index (χ1v) is 9.00. The van der Waals surface area contributed by atoms with Gasteiger partial charge < -0.3 is 15.0 Å². The number of nitrogens with zero attached hydrogens (tertiary/aromatic N) is 1. The Morgan fingerprint density at radius 1 is 1.20 bits per heavy atom. The summed E-state index contributed by atoms with van der Waals surface area (Å²) in [4.78, 5) is 14.5. The zero-order valence-corrected chi connectivity index (χ0v) is 13.2. The quantitative estimate of drug-likeness (QED) is 0.764. The predicted molar refractivity (Wildman–Crippen MR) is 76.3 cm³/mol. The number of hydrogen-bond donors (Lipinski definition) is 1. The summed E-state index contributed by atoms with van der Waals surface area (Å²) in [5.74, 6) is -0.247. The summed E-state index contributed by atoms with van der Waals surface area (Å²) >= 11 is 0. The fraction of sp³-hybridized carbons (Fsp3) is 0.923. The molecule has 0 radical (unpaired) electrons. The standard InChI is InChI=1S/C13H24N2O4S/c1-10-8-15(9-11(2)19-10)12(16)13(20(3,17)18)4-6-14-7-5-13/h10-11,14H,4-9H2,1-3H3. The number of rotatable bonds is 2. The maximum absolute atomic E-state index is 12.9. The molecule has 2 unspecified atom stereocenters. The monoisotopic (exact) mass is 304 g/mol. The number of morpholine rings is 1. The Balaban J connectivity index is 2.27. The molecular formula is C13H24N2O4S. The Morgan fingerprint density at radius 2 is 1.70 bits per heavy atom. The first kappa shape index (κ1) is 15.7. The van der Waals surface area contributed by atoms with Crippen molar-refractivity contribution in [3.63, 3.8) is 0 Å². The zero-order valence-electron chi connectivity index (χ0n) is 12.4. The van der Waals surface area contributed by atoms with Gasteiger partial charge in [0.15, 0.2) is 14.6 Å². The highest BCUT2D eigenvalue weighted by Gasteiger charge is 2.51. The van der Waals surface area contributed by atoms with Crippen LogP contribution in [0.4, 0.5) is 0 Å². The number of carbonyl (C=O) groups is 1. The third-order valence-corrected chi connectivity index (χ3v) is 6.22. The molecule has 2 rings (SSSR count). The van der Waals surface area contributed by atoms with Crippen molar-refractivity contribution < 1.29 is 17.9 Å². The van der Waals surface area contributed by atoms with E-state index in [2.05, 4.69) is 5.32 Å². The molecule has 0 aromatic rings. The Bertz CT molecular complexity index is 461. The molecule has 116 valence electrons. The van der Waals surface area contributed by atoms with Gasteiger partial charge in [0.05, 0.1) is 12.2 Å². The van der Waals surface area contributed by atoms with E-state index in [-0.39, 0.29) is 18.1 Å². The molecule has 0 aromatic heterocycles. The summed E-state index contributed by atoms with van der Waals surface area (Å²) in [6.45, 7) is 5.88. The van der Waals surface area contributed by atoms with E-state index in [0.29, 0.717) is 39.0 Å². The van der Waals surface area contributed by atoms with Gasteiger partial charge in [0, 0.05) is 19.3 Å². The van der Waals surface area contributed by atoms with Crippen molar-refractivity contribution in [3.05, 3.63) is 0 Å². The summed E-state index contributed by atoms with van der Waals surface area (Å²) in [7, 11) is -3.44. The molecule has 7 heteroatoms. The van der Waals surface area contributed by atoms with Gasteiger partial charge in [-0.05, 0) is 39.8 Å². The number of carbonyl (C=O) groups excluding carboxylic acids is 1. The SMILES string of the molecule is CC1CN(C(=O)C2(S(C)(=O)=O)CCNCC2)CC(C)O1. The van der Waals surface area contributed by atoms with Crippen molar-refractivity contribution in [1.29, 1.82) is 0 Å². The van der Waals surface area contributed by atoms with Gasteiger partial charge in [0.25, 0.3) is 0 Å². The topological polar surface area (TPSA) is 75.7 Å². The summed E-state index contributed by atoms with van der Waals surface area (Å²) < 4.78 is 28.9. The first-order chi connectivity index (χ1) is 9.26. The lowest BCUT2D eigenvalue weighted by molar-refractivity contribution is -0.146. The van der Waals surface area contributed by atoms with Crippen LogP contribution in [0, 0.1) is 0 Å². The van der Waals surface area contributed by atoms with Gasteiger partial charge in [-0.2, -0.15) is 0 Å². The molecule has 2 heterocycles. The highest BCUT2D eigenvalue weighted by Crippen LogP contribution is 2.31. The van der Waals surface area contributed by atoms with Crippen molar-refractivity contribution >= 4 is 15.7 Å². The van der Waals surface area contributed by atoms with E-state index in [0.717, 1.165) is 0 Å². The van der Waals surface area contributed by atoms with Crippen molar-refractivity contribution in [1.82, 2.24) is 10.2 Å². The van der Waals surface area contributed by atoms with E-state index in [9.17, 15) is 13.2 Å². The molecule has 2 saturated heterocycles. The van der Waals surface area contributed by atoms with Gasteiger partial charge in [-0.1, -0.05) is 0 Å². The molecule has 2 aliphatic heterocycles. The molecular weight excluding hydrogens is 280 g/mol. The normalized spacial score (nSPS) is 31.1. The third kappa shape index (κ3) is 2.84. The van der Waals surface area contributed by atoms with E-state index in [4.69, 9.17) is 4.74 Å². The van der Waals surface area contributed by atoms with E-state index < -0.39 is 14.6 Å². The van der Waals surface area contributed by atoms with Gasteiger partial charge >= 0.3 is 0 Å². The van der Waals surface area contributed by atoms with Crippen molar-refractivity contribution in [2.45, 2.75) is 43.6 Å². The summed E-state index contributed by atoms with van der Waals surface area (Å²) in [6.07, 6.45) is 1.78. The fourth-order valence-electron chi connectivity index (χ4n) is 3.21. The Morgan fingerprint density at radius 3 is 2.15 bits per heavy atom. The molecule has 0 aromatic carbocycles. The van der Waals surface area contributed by atoms with Crippen LogP contribution in [0.25, 0.3) is 0 Å². The lowest BCUT2D eigenvalue weighted by Gasteiger charge is -2.42. The summed E-state index contributed by atoms with van der Waals surface area (Å²) in [5, 5.41) is 3.13. The van der Waals surface area contributed by atoms with Crippen LogP contribution in [0.15, 0.2) is 0 Å². The van der Waals surface area contributed by atoms with E-state index in [1.807, 2.05) is 13.8 Å². The van der Waals surface area contributed by atoms with Crippen LogP contribution >= 0.6 is 0 Å². The molecule has 20 heavy (non-hydrogen) atoms. The summed E-state index contributed by atoms with van der Waals surface area (Å²) in [6, 6.07) is 0. The van der Waals surface area contributed by atoms with Gasteiger partial charge in [-0.15, -0.1) is 0 Å². The van der Waals surface area contributed by atoms with Gasteiger partial charge in [0.1, 0.15) is 0 Å². The number of hydrogen-bond acceptors (Lipinski definition) is 5. The molecule has 0 saturated carbocycles. The summed E-state index contributed by atoms with van der Waals surface area (Å²) in [5.41, 5.74) is 0. The number of nitrogens with one attached hydrogen (secondary N) is 1. The molecule has 0 aliphatic carbocycles. The minimum atomic E-state index is -3.44. The highest BCUT2D eigenvalue weighted by atomic mass is 32.2. The molecule has 6 nitrogen and oxygen atoms in total. The van der Waals surface area contributed by atoms with E-state index >= 15 is 0 Å². The molecule has 0 bridgehead atoms. The van der Waals surface area contributed by atoms with E-state index in [1.165, 1.54) is 6.26 Å². The maximum Gasteiger partial charge on any atom is 0.244 e. The number of ether oxygens (including phenoxy) is 1. The zero-order chi connectivity index (χ0) is 15.0. The van der Waals surface area contributed by atoms with E-state index in [1.54, 1.807) is 4.90 Å². The Hall–Kier alpha value is -0.660. The Kier molecular flexibility index (Phi) is 4.41. The average Bonchev–Trinajstić information content (AvgIpc) is 2.36. The number of amides is 1. The van der Waals surface area contributed by atoms with Crippen LogP contribution in [0.2, 0.25) is 0 Å². The molecule has 1 N–H and O–H groups in total. The lowest BCUT2D eigenvalue weighted by atomic mass is 9.94. The molecule has 2 fully saturated rings. The number of sulfone groups is 1. The van der Waals surface area contributed by atoms with Crippen LogP contribution in [0.1, 0.15) is 26.7 Å².